The Hall–Kier alpha value is -1.89. The van der Waals surface area contributed by atoms with Crippen LogP contribution in [0.1, 0.15) is 26.7 Å². The summed E-state index contributed by atoms with van der Waals surface area (Å²) >= 11 is 0. The van der Waals surface area contributed by atoms with Crippen molar-refractivity contribution in [3.05, 3.63) is 22.2 Å². The Kier molecular flexibility index (Phi) is 5.32. The lowest BCUT2D eigenvalue weighted by Gasteiger charge is -2.36. The van der Waals surface area contributed by atoms with E-state index in [2.05, 4.69) is 22.1 Å². The number of ether oxygens (including phenoxy) is 1. The number of hydrogen-bond donors (Lipinski definition) is 1. The molecule has 0 spiro atoms. The SMILES string of the molecule is CCCNc1cc([N+](=O)[O-])cc(N2CCOCC2CC)n1. The maximum Gasteiger partial charge on any atom is 0.276 e. The average Bonchev–Trinajstić information content (AvgIpc) is 2.52. The lowest BCUT2D eigenvalue weighted by molar-refractivity contribution is -0.384. The van der Waals surface area contributed by atoms with Crippen molar-refractivity contribution in [1.29, 1.82) is 0 Å². The van der Waals surface area contributed by atoms with E-state index >= 15 is 0 Å². The van der Waals surface area contributed by atoms with Crippen molar-refractivity contribution in [3.8, 4) is 0 Å². The minimum atomic E-state index is -0.371. The van der Waals surface area contributed by atoms with E-state index in [1.165, 1.54) is 6.07 Å². The number of aromatic nitrogens is 1. The standard InChI is InChI=1S/C14H22N4O3/c1-3-5-15-13-8-12(18(19)20)9-14(16-13)17-6-7-21-10-11(17)4-2/h8-9,11H,3-7,10H2,1-2H3,(H,15,16). The maximum atomic E-state index is 11.1. The van der Waals surface area contributed by atoms with Crippen LogP contribution < -0.4 is 10.2 Å². The molecular weight excluding hydrogens is 272 g/mol. The molecule has 7 nitrogen and oxygen atoms in total. The molecule has 0 amide bonds. The van der Waals surface area contributed by atoms with E-state index in [-0.39, 0.29) is 16.7 Å². The van der Waals surface area contributed by atoms with Crippen molar-refractivity contribution >= 4 is 17.3 Å². The predicted octanol–water partition coefficient (Wildman–Crippen LogP) is 2.43. The van der Waals surface area contributed by atoms with Crippen molar-refractivity contribution in [2.75, 3.05) is 36.5 Å². The van der Waals surface area contributed by atoms with Crippen LogP contribution in [0.5, 0.6) is 0 Å². The topological polar surface area (TPSA) is 80.5 Å². The van der Waals surface area contributed by atoms with E-state index < -0.39 is 0 Å². The van der Waals surface area contributed by atoms with Gasteiger partial charge in [-0.3, -0.25) is 10.1 Å². The summed E-state index contributed by atoms with van der Waals surface area (Å²) in [6.07, 6.45) is 1.86. The van der Waals surface area contributed by atoms with E-state index in [1.54, 1.807) is 6.07 Å². The van der Waals surface area contributed by atoms with Gasteiger partial charge in [0.25, 0.3) is 5.69 Å². The molecule has 0 bridgehead atoms. The van der Waals surface area contributed by atoms with Crippen molar-refractivity contribution in [2.45, 2.75) is 32.7 Å². The van der Waals surface area contributed by atoms with Gasteiger partial charge in [-0.2, -0.15) is 0 Å². The van der Waals surface area contributed by atoms with Crippen LogP contribution >= 0.6 is 0 Å². The fraction of sp³-hybridized carbons (Fsp3) is 0.643. The van der Waals surface area contributed by atoms with Crippen LogP contribution in [0.15, 0.2) is 12.1 Å². The molecule has 2 heterocycles. The van der Waals surface area contributed by atoms with Crippen LogP contribution in [0.2, 0.25) is 0 Å². The predicted molar refractivity (Wildman–Crippen MR) is 81.9 cm³/mol. The fourth-order valence-electron chi connectivity index (χ4n) is 2.39. The summed E-state index contributed by atoms with van der Waals surface area (Å²) in [5, 5.41) is 14.2. The Balaban J connectivity index is 2.31. The van der Waals surface area contributed by atoms with Gasteiger partial charge in [-0.25, -0.2) is 4.98 Å². The first-order valence-corrected chi connectivity index (χ1v) is 7.40. The van der Waals surface area contributed by atoms with Gasteiger partial charge >= 0.3 is 0 Å². The van der Waals surface area contributed by atoms with Gasteiger partial charge in [0.05, 0.1) is 36.3 Å². The summed E-state index contributed by atoms with van der Waals surface area (Å²) in [4.78, 5) is 17.4. The minimum Gasteiger partial charge on any atom is -0.377 e. The molecule has 1 aromatic rings. The van der Waals surface area contributed by atoms with Crippen LogP contribution in [0.3, 0.4) is 0 Å². The van der Waals surface area contributed by atoms with Crippen LogP contribution in [-0.2, 0) is 4.74 Å². The van der Waals surface area contributed by atoms with Crippen molar-refractivity contribution in [1.82, 2.24) is 4.98 Å². The molecule has 21 heavy (non-hydrogen) atoms. The normalized spacial score (nSPS) is 18.6. The van der Waals surface area contributed by atoms with Crippen LogP contribution in [0.4, 0.5) is 17.3 Å². The van der Waals surface area contributed by atoms with E-state index in [9.17, 15) is 10.1 Å². The van der Waals surface area contributed by atoms with Gasteiger partial charge in [-0.05, 0) is 12.8 Å². The largest absolute Gasteiger partial charge is 0.377 e. The molecule has 1 aliphatic rings. The number of pyridine rings is 1. The minimum absolute atomic E-state index is 0.0694. The van der Waals surface area contributed by atoms with Crippen molar-refractivity contribution < 1.29 is 9.66 Å². The van der Waals surface area contributed by atoms with Gasteiger partial charge in [0.15, 0.2) is 0 Å². The Labute approximate surface area is 124 Å². The second-order valence-electron chi connectivity index (χ2n) is 5.08. The number of hydrogen-bond acceptors (Lipinski definition) is 6. The third kappa shape index (κ3) is 3.81. The second kappa shape index (κ2) is 7.21. The van der Waals surface area contributed by atoms with E-state index in [0.29, 0.717) is 31.4 Å². The van der Waals surface area contributed by atoms with E-state index in [4.69, 9.17) is 4.74 Å². The zero-order valence-electron chi connectivity index (χ0n) is 12.5. The number of nitrogens with one attached hydrogen (secondary N) is 1. The summed E-state index contributed by atoms with van der Waals surface area (Å²) < 4.78 is 5.48. The number of rotatable bonds is 6. The molecule has 0 aliphatic carbocycles. The smallest absolute Gasteiger partial charge is 0.276 e. The molecule has 0 aromatic carbocycles. The molecule has 1 atom stereocenters. The zero-order chi connectivity index (χ0) is 15.2. The van der Waals surface area contributed by atoms with Gasteiger partial charge in [0.2, 0.25) is 0 Å². The fourth-order valence-corrected chi connectivity index (χ4v) is 2.39. The molecule has 1 saturated heterocycles. The Morgan fingerprint density at radius 3 is 3.00 bits per heavy atom. The molecule has 1 aliphatic heterocycles. The molecule has 1 N–H and O–H groups in total. The third-order valence-electron chi connectivity index (χ3n) is 3.56. The quantitative estimate of drug-likeness (QED) is 0.641. The van der Waals surface area contributed by atoms with Gasteiger partial charge in [0.1, 0.15) is 11.6 Å². The van der Waals surface area contributed by atoms with E-state index in [1.807, 2.05) is 6.92 Å². The summed E-state index contributed by atoms with van der Waals surface area (Å²) in [5.74, 6) is 1.21. The van der Waals surface area contributed by atoms with Gasteiger partial charge in [-0.1, -0.05) is 13.8 Å². The van der Waals surface area contributed by atoms with Crippen LogP contribution in [0, 0.1) is 10.1 Å². The highest BCUT2D eigenvalue weighted by atomic mass is 16.6. The molecule has 1 unspecified atom stereocenters. The molecule has 0 radical (unpaired) electrons. The summed E-state index contributed by atoms with van der Waals surface area (Å²) in [5.41, 5.74) is 0.0694. The first-order valence-electron chi connectivity index (χ1n) is 7.40. The molecule has 2 rings (SSSR count). The third-order valence-corrected chi connectivity index (χ3v) is 3.56. The van der Waals surface area contributed by atoms with Crippen molar-refractivity contribution in [3.63, 3.8) is 0 Å². The van der Waals surface area contributed by atoms with Gasteiger partial charge < -0.3 is 15.0 Å². The molecule has 0 saturated carbocycles. The Bertz CT molecular complexity index is 495. The highest BCUT2D eigenvalue weighted by Crippen LogP contribution is 2.26. The molecule has 1 aromatic heterocycles. The second-order valence-corrected chi connectivity index (χ2v) is 5.08. The lowest BCUT2D eigenvalue weighted by Crippen LogP contribution is -2.45. The average molecular weight is 294 g/mol. The highest BCUT2D eigenvalue weighted by Gasteiger charge is 2.24. The Morgan fingerprint density at radius 1 is 1.52 bits per heavy atom. The van der Waals surface area contributed by atoms with E-state index in [0.717, 1.165) is 19.4 Å². The van der Waals surface area contributed by atoms with Gasteiger partial charge in [-0.15, -0.1) is 0 Å². The summed E-state index contributed by atoms with van der Waals surface area (Å²) in [7, 11) is 0. The van der Waals surface area contributed by atoms with Crippen LogP contribution in [0.25, 0.3) is 0 Å². The Morgan fingerprint density at radius 2 is 2.33 bits per heavy atom. The zero-order valence-corrected chi connectivity index (χ0v) is 12.5. The number of nitro groups is 1. The lowest BCUT2D eigenvalue weighted by atomic mass is 10.1. The number of morpholine rings is 1. The number of anilines is 2. The summed E-state index contributed by atoms with van der Waals surface area (Å²) in [6.45, 7) is 6.84. The molecule has 116 valence electrons. The molecular formula is C14H22N4O3. The van der Waals surface area contributed by atoms with Crippen molar-refractivity contribution in [2.24, 2.45) is 0 Å². The summed E-state index contributed by atoms with van der Waals surface area (Å²) in [6, 6.07) is 3.25. The molecule has 7 heteroatoms. The van der Waals surface area contributed by atoms with Crippen LogP contribution in [-0.4, -0.2) is 42.3 Å². The molecule has 1 fully saturated rings. The first-order chi connectivity index (χ1) is 10.2. The van der Waals surface area contributed by atoms with Gasteiger partial charge in [0, 0.05) is 13.1 Å². The first kappa shape index (κ1) is 15.5. The highest BCUT2D eigenvalue weighted by molar-refractivity contribution is 5.56. The number of nitrogens with zero attached hydrogens (tertiary/aromatic N) is 3. The monoisotopic (exact) mass is 294 g/mol. The maximum absolute atomic E-state index is 11.1.